The standard InChI is InChI=1S/C12H20N4O4S/c1-3-7-21(18,19)16-6-4-5-10(16)12(17)14-9(2)11-13-8-20-15-11/h8-10H,3-7H2,1-2H3,(H,14,17)/t9-,10-/m0/s1. The van der Waals surface area contributed by atoms with Crippen LogP contribution >= 0.6 is 0 Å². The molecule has 2 heterocycles. The molecule has 118 valence electrons. The normalized spacial score (nSPS) is 21.3. The Morgan fingerprint density at radius 3 is 3.00 bits per heavy atom. The Balaban J connectivity index is 2.04. The average Bonchev–Trinajstić information content (AvgIpc) is 3.10. The molecule has 0 unspecified atom stereocenters. The van der Waals surface area contributed by atoms with Crippen LogP contribution in [0.15, 0.2) is 10.9 Å². The van der Waals surface area contributed by atoms with Crippen molar-refractivity contribution in [2.45, 2.75) is 45.2 Å². The summed E-state index contributed by atoms with van der Waals surface area (Å²) in [4.78, 5) is 16.2. The Morgan fingerprint density at radius 2 is 2.38 bits per heavy atom. The summed E-state index contributed by atoms with van der Waals surface area (Å²) in [5, 5.41) is 6.40. The van der Waals surface area contributed by atoms with Gasteiger partial charge in [-0.15, -0.1) is 0 Å². The maximum atomic E-state index is 12.3. The van der Waals surface area contributed by atoms with E-state index in [1.54, 1.807) is 13.8 Å². The van der Waals surface area contributed by atoms with Crippen LogP contribution in [0.2, 0.25) is 0 Å². The molecule has 1 N–H and O–H groups in total. The van der Waals surface area contributed by atoms with Gasteiger partial charge >= 0.3 is 0 Å². The fourth-order valence-electron chi connectivity index (χ4n) is 2.45. The third-order valence-electron chi connectivity index (χ3n) is 3.45. The van der Waals surface area contributed by atoms with E-state index in [0.29, 0.717) is 31.6 Å². The zero-order valence-electron chi connectivity index (χ0n) is 12.2. The Labute approximate surface area is 123 Å². The molecule has 1 aliphatic rings. The number of rotatable bonds is 6. The van der Waals surface area contributed by atoms with Crippen molar-refractivity contribution in [3.05, 3.63) is 12.2 Å². The topological polar surface area (TPSA) is 105 Å². The molecule has 1 amide bonds. The maximum Gasteiger partial charge on any atom is 0.239 e. The first-order valence-electron chi connectivity index (χ1n) is 7.02. The Hall–Kier alpha value is -1.48. The first-order valence-corrected chi connectivity index (χ1v) is 8.62. The van der Waals surface area contributed by atoms with Crippen LogP contribution in [0.1, 0.15) is 45.0 Å². The number of amides is 1. The zero-order chi connectivity index (χ0) is 15.5. The van der Waals surface area contributed by atoms with Gasteiger partial charge in [0.25, 0.3) is 0 Å². The number of hydrogen-bond donors (Lipinski definition) is 1. The van der Waals surface area contributed by atoms with Crippen molar-refractivity contribution in [1.82, 2.24) is 19.8 Å². The minimum atomic E-state index is -3.37. The molecule has 1 saturated heterocycles. The number of nitrogens with one attached hydrogen (secondary N) is 1. The number of aromatic nitrogens is 2. The third kappa shape index (κ3) is 3.59. The van der Waals surface area contributed by atoms with Gasteiger partial charge in [-0.1, -0.05) is 12.1 Å². The van der Waals surface area contributed by atoms with Gasteiger partial charge in [0, 0.05) is 6.54 Å². The van der Waals surface area contributed by atoms with E-state index < -0.39 is 22.1 Å². The molecule has 2 atom stereocenters. The summed E-state index contributed by atoms with van der Waals surface area (Å²) in [5.41, 5.74) is 0. The quantitative estimate of drug-likeness (QED) is 0.817. The molecular formula is C12H20N4O4S. The van der Waals surface area contributed by atoms with Crippen LogP contribution in [-0.2, 0) is 14.8 Å². The molecule has 0 aliphatic carbocycles. The van der Waals surface area contributed by atoms with Gasteiger partial charge in [-0.2, -0.15) is 9.29 Å². The van der Waals surface area contributed by atoms with Gasteiger partial charge in [0.1, 0.15) is 6.04 Å². The second-order valence-electron chi connectivity index (χ2n) is 5.10. The minimum Gasteiger partial charge on any atom is -0.345 e. The van der Waals surface area contributed by atoms with Gasteiger partial charge in [0.15, 0.2) is 5.82 Å². The van der Waals surface area contributed by atoms with Crippen molar-refractivity contribution in [3.63, 3.8) is 0 Å². The van der Waals surface area contributed by atoms with E-state index in [-0.39, 0.29) is 11.7 Å². The Morgan fingerprint density at radius 1 is 1.62 bits per heavy atom. The van der Waals surface area contributed by atoms with Crippen molar-refractivity contribution in [2.24, 2.45) is 0 Å². The van der Waals surface area contributed by atoms with E-state index in [1.807, 2.05) is 0 Å². The Kier molecular flexibility index (Phi) is 4.94. The second-order valence-corrected chi connectivity index (χ2v) is 7.15. The predicted molar refractivity (Wildman–Crippen MR) is 74.7 cm³/mol. The first-order chi connectivity index (χ1) is 9.95. The fourth-order valence-corrected chi connectivity index (χ4v) is 4.20. The molecule has 8 nitrogen and oxygen atoms in total. The van der Waals surface area contributed by atoms with Gasteiger partial charge in [-0.05, 0) is 26.2 Å². The lowest BCUT2D eigenvalue weighted by atomic mass is 10.2. The SMILES string of the molecule is CCCS(=O)(=O)N1CCC[C@H]1C(=O)N[C@@H](C)c1ncon1. The minimum absolute atomic E-state index is 0.0666. The monoisotopic (exact) mass is 316 g/mol. The Bertz CT molecular complexity index is 572. The van der Waals surface area contributed by atoms with Crippen molar-refractivity contribution in [1.29, 1.82) is 0 Å². The van der Waals surface area contributed by atoms with E-state index in [1.165, 1.54) is 10.7 Å². The largest absolute Gasteiger partial charge is 0.345 e. The molecule has 1 aromatic rings. The smallest absolute Gasteiger partial charge is 0.239 e. The van der Waals surface area contributed by atoms with Gasteiger partial charge in [-0.3, -0.25) is 4.79 Å². The van der Waals surface area contributed by atoms with Gasteiger partial charge < -0.3 is 9.84 Å². The summed E-state index contributed by atoms with van der Waals surface area (Å²) in [6.07, 6.45) is 2.95. The highest BCUT2D eigenvalue weighted by Gasteiger charge is 2.38. The molecule has 0 radical (unpaired) electrons. The van der Waals surface area contributed by atoms with Crippen LogP contribution in [0.3, 0.4) is 0 Å². The molecule has 21 heavy (non-hydrogen) atoms. The summed E-state index contributed by atoms with van der Waals surface area (Å²) < 4.78 is 30.3. The molecule has 1 aromatic heterocycles. The van der Waals surface area contributed by atoms with Gasteiger partial charge in [0.2, 0.25) is 22.3 Å². The summed E-state index contributed by atoms with van der Waals surface area (Å²) in [6.45, 7) is 3.93. The highest BCUT2D eigenvalue weighted by molar-refractivity contribution is 7.89. The maximum absolute atomic E-state index is 12.3. The lowest BCUT2D eigenvalue weighted by Crippen LogP contribution is -2.47. The molecule has 9 heteroatoms. The van der Waals surface area contributed by atoms with Crippen molar-refractivity contribution >= 4 is 15.9 Å². The van der Waals surface area contributed by atoms with Crippen molar-refractivity contribution in [3.8, 4) is 0 Å². The van der Waals surface area contributed by atoms with Crippen LogP contribution in [0.4, 0.5) is 0 Å². The molecule has 0 spiro atoms. The predicted octanol–water partition coefficient (Wildman–Crippen LogP) is 0.451. The lowest BCUT2D eigenvalue weighted by molar-refractivity contribution is -0.124. The number of hydrogen-bond acceptors (Lipinski definition) is 6. The van der Waals surface area contributed by atoms with E-state index in [2.05, 4.69) is 20.0 Å². The second kappa shape index (κ2) is 6.52. The molecule has 0 aromatic carbocycles. The number of sulfonamides is 1. The molecule has 1 fully saturated rings. The highest BCUT2D eigenvalue weighted by atomic mass is 32.2. The van der Waals surface area contributed by atoms with E-state index in [0.717, 1.165) is 0 Å². The van der Waals surface area contributed by atoms with Crippen molar-refractivity contribution in [2.75, 3.05) is 12.3 Å². The van der Waals surface area contributed by atoms with Gasteiger partial charge in [0.05, 0.1) is 11.8 Å². The fraction of sp³-hybridized carbons (Fsp3) is 0.750. The number of carbonyl (C=O) groups is 1. The van der Waals surface area contributed by atoms with Crippen LogP contribution < -0.4 is 5.32 Å². The van der Waals surface area contributed by atoms with E-state index in [9.17, 15) is 13.2 Å². The number of nitrogens with zero attached hydrogens (tertiary/aromatic N) is 3. The zero-order valence-corrected chi connectivity index (χ0v) is 13.0. The van der Waals surface area contributed by atoms with Crippen LogP contribution in [0.5, 0.6) is 0 Å². The summed E-state index contributed by atoms with van der Waals surface area (Å²) in [5.74, 6) is 0.116. The molecule has 1 aliphatic heterocycles. The highest BCUT2D eigenvalue weighted by Crippen LogP contribution is 2.22. The summed E-state index contributed by atoms with van der Waals surface area (Å²) in [7, 11) is -3.37. The van der Waals surface area contributed by atoms with E-state index in [4.69, 9.17) is 0 Å². The van der Waals surface area contributed by atoms with Crippen LogP contribution in [0, 0.1) is 0 Å². The molecule has 0 bridgehead atoms. The summed E-state index contributed by atoms with van der Waals surface area (Å²) in [6, 6.07) is -1.07. The lowest BCUT2D eigenvalue weighted by Gasteiger charge is -2.24. The van der Waals surface area contributed by atoms with Gasteiger partial charge in [-0.25, -0.2) is 8.42 Å². The van der Waals surface area contributed by atoms with Crippen LogP contribution in [0.25, 0.3) is 0 Å². The molecule has 0 saturated carbocycles. The van der Waals surface area contributed by atoms with E-state index >= 15 is 0 Å². The molecular weight excluding hydrogens is 296 g/mol. The average molecular weight is 316 g/mol. The van der Waals surface area contributed by atoms with Crippen LogP contribution in [-0.4, -0.2) is 47.1 Å². The number of carbonyl (C=O) groups excluding carboxylic acids is 1. The third-order valence-corrected chi connectivity index (χ3v) is 5.53. The van der Waals surface area contributed by atoms with Crippen molar-refractivity contribution < 1.29 is 17.7 Å². The first kappa shape index (κ1) is 15.9. The molecule has 2 rings (SSSR count). The summed E-state index contributed by atoms with van der Waals surface area (Å²) >= 11 is 0.